The molecule has 1 aliphatic heterocycles. The molecule has 0 saturated heterocycles. The lowest BCUT2D eigenvalue weighted by Gasteiger charge is -2.44. The fraction of sp³-hybridized carbons (Fsp3) is 0.667. The van der Waals surface area contributed by atoms with Crippen molar-refractivity contribution < 1.29 is 9.53 Å². The Morgan fingerprint density at radius 3 is 2.38 bits per heavy atom. The SMILES string of the molecule is Cc1cc(C)c2c(c1)C1(CCCCC1)N(C(=O)OC(C)(C)C)C2C. The summed E-state index contributed by atoms with van der Waals surface area (Å²) >= 11 is 0. The highest BCUT2D eigenvalue weighted by Crippen LogP contribution is 2.54. The zero-order valence-electron chi connectivity index (χ0n) is 16.0. The molecule has 1 unspecified atom stereocenters. The van der Waals surface area contributed by atoms with Crippen molar-refractivity contribution >= 4 is 6.09 Å². The molecule has 24 heavy (non-hydrogen) atoms. The number of nitrogens with zero attached hydrogens (tertiary/aromatic N) is 1. The van der Waals surface area contributed by atoms with Gasteiger partial charge in [-0.3, -0.25) is 4.90 Å². The fourth-order valence-corrected chi connectivity index (χ4v) is 4.84. The van der Waals surface area contributed by atoms with Gasteiger partial charge in [0.15, 0.2) is 0 Å². The topological polar surface area (TPSA) is 29.5 Å². The normalized spacial score (nSPS) is 22.6. The minimum absolute atomic E-state index is 0.0774. The molecule has 0 N–H and O–H groups in total. The second-order valence-electron chi connectivity index (χ2n) is 8.66. The number of amides is 1. The van der Waals surface area contributed by atoms with E-state index in [1.165, 1.54) is 41.5 Å². The minimum Gasteiger partial charge on any atom is -0.444 e. The second kappa shape index (κ2) is 5.79. The molecule has 1 saturated carbocycles. The van der Waals surface area contributed by atoms with E-state index >= 15 is 0 Å². The van der Waals surface area contributed by atoms with Crippen LogP contribution in [0.4, 0.5) is 4.79 Å². The summed E-state index contributed by atoms with van der Waals surface area (Å²) in [4.78, 5) is 15.2. The van der Waals surface area contributed by atoms with Gasteiger partial charge in [-0.15, -0.1) is 0 Å². The van der Waals surface area contributed by atoms with Gasteiger partial charge >= 0.3 is 6.09 Å². The highest BCUT2D eigenvalue weighted by atomic mass is 16.6. The zero-order chi connectivity index (χ0) is 17.7. The number of rotatable bonds is 0. The number of carbonyl (C=O) groups is 1. The average Bonchev–Trinajstić information content (AvgIpc) is 2.67. The van der Waals surface area contributed by atoms with Crippen molar-refractivity contribution in [1.82, 2.24) is 4.90 Å². The molecule has 1 amide bonds. The zero-order valence-corrected chi connectivity index (χ0v) is 16.0. The van der Waals surface area contributed by atoms with Crippen LogP contribution in [0.5, 0.6) is 0 Å². The van der Waals surface area contributed by atoms with Gasteiger partial charge in [-0.2, -0.15) is 0 Å². The summed E-state index contributed by atoms with van der Waals surface area (Å²) in [6.07, 6.45) is 5.55. The van der Waals surface area contributed by atoms with Crippen LogP contribution in [-0.2, 0) is 10.3 Å². The number of carbonyl (C=O) groups excluding carboxylic acids is 1. The lowest BCUT2D eigenvalue weighted by Crippen LogP contribution is -2.48. The maximum absolute atomic E-state index is 13.1. The van der Waals surface area contributed by atoms with Gasteiger partial charge in [-0.1, -0.05) is 37.0 Å². The first-order valence-electron chi connectivity index (χ1n) is 9.30. The van der Waals surface area contributed by atoms with Crippen molar-refractivity contribution in [3.05, 3.63) is 34.4 Å². The van der Waals surface area contributed by atoms with E-state index in [9.17, 15) is 4.79 Å². The standard InChI is InChI=1S/C21H31NO2/c1-14-12-15(2)18-16(3)22(19(23)24-20(4,5)6)21(17(18)13-14)10-8-7-9-11-21/h12-13,16H,7-11H2,1-6H3. The van der Waals surface area contributed by atoms with E-state index in [-0.39, 0.29) is 17.7 Å². The number of benzene rings is 1. The summed E-state index contributed by atoms with van der Waals surface area (Å²) in [5.41, 5.74) is 4.66. The number of ether oxygens (including phenoxy) is 1. The molecule has 1 aromatic carbocycles. The highest BCUT2D eigenvalue weighted by molar-refractivity contribution is 5.73. The van der Waals surface area contributed by atoms with E-state index in [2.05, 4.69) is 37.8 Å². The summed E-state index contributed by atoms with van der Waals surface area (Å²) in [5.74, 6) is 0. The third-order valence-corrected chi connectivity index (χ3v) is 5.57. The monoisotopic (exact) mass is 329 g/mol. The van der Waals surface area contributed by atoms with Gasteiger partial charge in [-0.25, -0.2) is 4.79 Å². The van der Waals surface area contributed by atoms with Crippen LogP contribution in [0, 0.1) is 13.8 Å². The molecule has 1 atom stereocenters. The largest absolute Gasteiger partial charge is 0.444 e. The van der Waals surface area contributed by atoms with Crippen LogP contribution >= 0.6 is 0 Å². The summed E-state index contributed by atoms with van der Waals surface area (Å²) < 4.78 is 5.81. The first-order chi connectivity index (χ1) is 11.2. The van der Waals surface area contributed by atoms with Crippen molar-refractivity contribution in [2.24, 2.45) is 0 Å². The van der Waals surface area contributed by atoms with Gasteiger partial charge in [0.25, 0.3) is 0 Å². The third-order valence-electron chi connectivity index (χ3n) is 5.57. The van der Waals surface area contributed by atoms with E-state index in [0.29, 0.717) is 0 Å². The molecule has 3 nitrogen and oxygen atoms in total. The van der Waals surface area contributed by atoms with E-state index in [4.69, 9.17) is 4.74 Å². The summed E-state index contributed by atoms with van der Waals surface area (Å²) in [6, 6.07) is 4.63. The number of aryl methyl sites for hydroxylation is 2. The van der Waals surface area contributed by atoms with Crippen LogP contribution < -0.4 is 0 Å². The second-order valence-corrected chi connectivity index (χ2v) is 8.66. The molecule has 3 heteroatoms. The lowest BCUT2D eigenvalue weighted by atomic mass is 9.76. The van der Waals surface area contributed by atoms with E-state index in [1.807, 2.05) is 20.8 Å². The first-order valence-corrected chi connectivity index (χ1v) is 9.30. The Morgan fingerprint density at radius 2 is 1.79 bits per heavy atom. The Kier molecular flexibility index (Phi) is 4.17. The van der Waals surface area contributed by atoms with Gasteiger partial charge in [0, 0.05) is 0 Å². The van der Waals surface area contributed by atoms with Crippen LogP contribution in [-0.4, -0.2) is 16.6 Å². The van der Waals surface area contributed by atoms with Crippen LogP contribution in [0.3, 0.4) is 0 Å². The van der Waals surface area contributed by atoms with E-state index in [0.717, 1.165) is 12.8 Å². The van der Waals surface area contributed by atoms with Crippen molar-refractivity contribution in [2.75, 3.05) is 0 Å². The number of fused-ring (bicyclic) bond motifs is 2. The molecule has 0 radical (unpaired) electrons. The van der Waals surface area contributed by atoms with Gasteiger partial charge in [0.2, 0.25) is 0 Å². The van der Waals surface area contributed by atoms with Crippen molar-refractivity contribution in [1.29, 1.82) is 0 Å². The van der Waals surface area contributed by atoms with E-state index < -0.39 is 5.60 Å². The van der Waals surface area contributed by atoms with Gasteiger partial charge < -0.3 is 4.74 Å². The molecule has 0 aromatic heterocycles. The quantitative estimate of drug-likeness (QED) is 0.604. The van der Waals surface area contributed by atoms with Crippen LogP contribution in [0.1, 0.15) is 88.1 Å². The Hall–Kier alpha value is -1.51. The molecule has 132 valence electrons. The molecule has 2 aliphatic rings. The Bertz CT molecular complexity index is 651. The minimum atomic E-state index is -0.466. The summed E-state index contributed by atoms with van der Waals surface area (Å²) in [6.45, 7) is 12.3. The molecule has 1 fully saturated rings. The predicted molar refractivity (Wildman–Crippen MR) is 97.2 cm³/mol. The molecule has 0 bridgehead atoms. The average molecular weight is 329 g/mol. The van der Waals surface area contributed by atoms with Gasteiger partial charge in [0.1, 0.15) is 5.60 Å². The van der Waals surface area contributed by atoms with Gasteiger partial charge in [0.05, 0.1) is 11.6 Å². The fourth-order valence-electron chi connectivity index (χ4n) is 4.84. The summed E-state index contributed by atoms with van der Waals surface area (Å²) in [5, 5.41) is 0. The highest BCUT2D eigenvalue weighted by Gasteiger charge is 2.52. The van der Waals surface area contributed by atoms with Crippen LogP contribution in [0.25, 0.3) is 0 Å². The molecule has 1 heterocycles. The maximum atomic E-state index is 13.1. The van der Waals surface area contributed by atoms with Crippen molar-refractivity contribution in [3.8, 4) is 0 Å². The van der Waals surface area contributed by atoms with Gasteiger partial charge in [-0.05, 0) is 71.1 Å². The molecule has 3 rings (SSSR count). The molecule has 1 spiro atoms. The molecular formula is C21H31NO2. The first kappa shape index (κ1) is 17.3. The molecular weight excluding hydrogens is 298 g/mol. The Labute approximate surface area is 146 Å². The number of hydrogen-bond donors (Lipinski definition) is 0. The molecule has 1 aliphatic carbocycles. The Balaban J connectivity index is 2.12. The molecule has 1 aromatic rings. The van der Waals surface area contributed by atoms with E-state index in [1.54, 1.807) is 0 Å². The van der Waals surface area contributed by atoms with Crippen molar-refractivity contribution in [2.45, 2.75) is 90.8 Å². The van der Waals surface area contributed by atoms with Crippen molar-refractivity contribution in [3.63, 3.8) is 0 Å². The maximum Gasteiger partial charge on any atom is 0.411 e. The summed E-state index contributed by atoms with van der Waals surface area (Å²) in [7, 11) is 0. The lowest BCUT2D eigenvalue weighted by molar-refractivity contribution is -0.0203. The third kappa shape index (κ3) is 2.72. The number of hydrogen-bond acceptors (Lipinski definition) is 2. The van der Waals surface area contributed by atoms with Crippen LogP contribution in [0.2, 0.25) is 0 Å². The smallest absolute Gasteiger partial charge is 0.411 e. The predicted octanol–water partition coefficient (Wildman–Crippen LogP) is 5.77. The Morgan fingerprint density at radius 1 is 1.17 bits per heavy atom. The van der Waals surface area contributed by atoms with Crippen LogP contribution in [0.15, 0.2) is 12.1 Å².